The minimum atomic E-state index is -1.39. The average Bonchev–Trinajstić information content (AvgIpc) is 2.72. The quantitative estimate of drug-likeness (QED) is 0.160. The second-order valence-electron chi connectivity index (χ2n) is 8.34. The number of carboxylic acid groups (broad SMARTS) is 1. The third-order valence-corrected chi connectivity index (χ3v) is 5.44. The first-order valence-corrected chi connectivity index (χ1v) is 12.1. The van der Waals surface area contributed by atoms with Crippen molar-refractivity contribution in [2.24, 2.45) is 5.73 Å². The van der Waals surface area contributed by atoms with Gasteiger partial charge >= 0.3 is 35.5 Å². The molecule has 7 heteroatoms. The van der Waals surface area contributed by atoms with E-state index in [9.17, 15) is 19.5 Å². The number of rotatable bonds is 21. The van der Waals surface area contributed by atoms with Crippen molar-refractivity contribution in [2.45, 2.75) is 135 Å². The van der Waals surface area contributed by atoms with Gasteiger partial charge in [-0.3, -0.25) is 9.59 Å². The van der Waals surface area contributed by atoms with Crippen molar-refractivity contribution in [1.82, 2.24) is 0 Å². The Balaban J connectivity index is 0. The number of carbonyl (C=O) groups is 3. The van der Waals surface area contributed by atoms with E-state index in [1.54, 1.807) is 0 Å². The molecule has 0 aromatic heterocycles. The molecule has 0 saturated carbocycles. The van der Waals surface area contributed by atoms with Gasteiger partial charge in [0.1, 0.15) is 0 Å². The number of aliphatic carboxylic acids is 1. The number of unbranched alkanes of at least 4 members (excludes halogenated alkanes) is 11. The first-order chi connectivity index (χ1) is 14.4. The molecule has 2 N–H and O–H groups in total. The Bertz CT molecular complexity index is 473. The van der Waals surface area contributed by atoms with E-state index in [0.717, 1.165) is 32.1 Å². The number of nitrogens with two attached hydrogens (primary N) is 1. The summed E-state index contributed by atoms with van der Waals surface area (Å²) >= 11 is 0. The van der Waals surface area contributed by atoms with Gasteiger partial charge in [0.2, 0.25) is 0 Å². The number of hydrogen-bond acceptors (Lipinski definition) is 6. The van der Waals surface area contributed by atoms with Crippen molar-refractivity contribution in [2.75, 3.05) is 0 Å². The fourth-order valence-corrected chi connectivity index (χ4v) is 3.41. The van der Waals surface area contributed by atoms with Gasteiger partial charge in [0, 0.05) is 18.9 Å². The Morgan fingerprint density at radius 3 is 1.71 bits per heavy atom. The van der Waals surface area contributed by atoms with Crippen LogP contribution in [0, 0.1) is 0 Å². The van der Waals surface area contributed by atoms with Gasteiger partial charge in [0.15, 0.2) is 11.9 Å². The number of ketones is 1. The van der Waals surface area contributed by atoms with Gasteiger partial charge < -0.3 is 20.4 Å². The van der Waals surface area contributed by atoms with Crippen LogP contribution in [0.1, 0.15) is 123 Å². The molecule has 0 bridgehead atoms. The molecule has 2 atom stereocenters. The standard InChI is InChI=1S/C24H45NO5.Na/c1-3-5-7-8-9-10-11-12-13-14-15-16-21(26)22(17-6-4-2)30-23(27)19-18-20(25)24(28)29;/h20,22H,3-19,25H2,1-2H3,(H,28,29);/q;+1/p-1/t20-,22?;/m0./s1. The van der Waals surface area contributed by atoms with Gasteiger partial charge in [-0.15, -0.1) is 0 Å². The molecule has 0 heterocycles. The molecule has 0 radical (unpaired) electrons. The van der Waals surface area contributed by atoms with E-state index < -0.39 is 24.1 Å². The predicted octanol–water partition coefficient (Wildman–Crippen LogP) is 1.22. The van der Waals surface area contributed by atoms with Crippen LogP contribution >= 0.6 is 0 Å². The summed E-state index contributed by atoms with van der Waals surface area (Å²) in [5.74, 6) is -1.99. The summed E-state index contributed by atoms with van der Waals surface area (Å²) in [4.78, 5) is 35.1. The number of esters is 1. The Labute approximate surface area is 211 Å². The molecule has 0 aromatic carbocycles. The number of Topliss-reactive ketones (excluding diaryl/α,β-unsaturated/α-hetero) is 1. The van der Waals surface area contributed by atoms with Crippen LogP contribution in [-0.2, 0) is 19.1 Å². The van der Waals surface area contributed by atoms with Crippen LogP contribution in [-0.4, -0.2) is 29.9 Å². The number of ether oxygens (including phenoxy) is 1. The Morgan fingerprint density at radius 2 is 1.23 bits per heavy atom. The smallest absolute Gasteiger partial charge is 0.548 e. The van der Waals surface area contributed by atoms with Gasteiger partial charge in [0.25, 0.3) is 0 Å². The van der Waals surface area contributed by atoms with E-state index >= 15 is 0 Å². The summed E-state index contributed by atoms with van der Waals surface area (Å²) in [6, 6.07) is -1.20. The zero-order chi connectivity index (χ0) is 22.6. The van der Waals surface area contributed by atoms with Crippen molar-refractivity contribution in [3.8, 4) is 0 Å². The second-order valence-corrected chi connectivity index (χ2v) is 8.34. The largest absolute Gasteiger partial charge is 1.00 e. The molecule has 0 spiro atoms. The Morgan fingerprint density at radius 1 is 0.742 bits per heavy atom. The molecule has 6 nitrogen and oxygen atoms in total. The van der Waals surface area contributed by atoms with E-state index in [-0.39, 0.29) is 48.2 Å². The SMILES string of the molecule is CCCCCCCCCCCCCC(=O)C(CCCC)OC(=O)CC[C@H](N)C(=O)[O-].[Na+]. The predicted molar refractivity (Wildman–Crippen MR) is 118 cm³/mol. The maximum absolute atomic E-state index is 12.5. The van der Waals surface area contributed by atoms with Crippen LogP contribution in [0.3, 0.4) is 0 Å². The maximum atomic E-state index is 12.5. The number of hydrogen-bond donors (Lipinski definition) is 1. The van der Waals surface area contributed by atoms with Gasteiger partial charge in [-0.1, -0.05) is 84.5 Å². The van der Waals surface area contributed by atoms with Gasteiger partial charge in [-0.25, -0.2) is 0 Å². The van der Waals surface area contributed by atoms with Crippen molar-refractivity contribution in [3.63, 3.8) is 0 Å². The summed E-state index contributed by atoms with van der Waals surface area (Å²) in [7, 11) is 0. The van der Waals surface area contributed by atoms with Crippen LogP contribution in [0.2, 0.25) is 0 Å². The zero-order valence-corrected chi connectivity index (χ0v) is 22.3. The van der Waals surface area contributed by atoms with E-state index in [4.69, 9.17) is 10.5 Å². The molecule has 0 aliphatic carbocycles. The fourth-order valence-electron chi connectivity index (χ4n) is 3.41. The molecule has 0 fully saturated rings. The molecule has 31 heavy (non-hydrogen) atoms. The first-order valence-electron chi connectivity index (χ1n) is 12.1. The third kappa shape index (κ3) is 19.9. The summed E-state index contributed by atoms with van der Waals surface area (Å²) in [6.07, 6.45) is 15.2. The van der Waals surface area contributed by atoms with E-state index in [2.05, 4.69) is 6.92 Å². The zero-order valence-electron chi connectivity index (χ0n) is 20.3. The van der Waals surface area contributed by atoms with Crippen LogP contribution in [0.15, 0.2) is 0 Å². The second kappa shape index (κ2) is 22.8. The minimum absolute atomic E-state index is 0. The Hall–Kier alpha value is -0.430. The maximum Gasteiger partial charge on any atom is 1.00 e. The van der Waals surface area contributed by atoms with Crippen LogP contribution in [0.25, 0.3) is 0 Å². The minimum Gasteiger partial charge on any atom is -0.548 e. The number of carboxylic acids is 1. The van der Waals surface area contributed by atoms with Gasteiger partial charge in [-0.2, -0.15) is 0 Å². The Kier molecular flexibility index (Phi) is 24.0. The van der Waals surface area contributed by atoms with E-state index in [0.29, 0.717) is 12.8 Å². The molecule has 176 valence electrons. The first kappa shape index (κ1) is 32.7. The van der Waals surface area contributed by atoms with Crippen molar-refractivity contribution >= 4 is 17.7 Å². The average molecular weight is 450 g/mol. The molecular formula is C24H44NNaO5. The van der Waals surface area contributed by atoms with Crippen molar-refractivity contribution in [3.05, 3.63) is 0 Å². The summed E-state index contributed by atoms with van der Waals surface area (Å²) in [5, 5.41) is 10.6. The monoisotopic (exact) mass is 449 g/mol. The number of carbonyl (C=O) groups excluding carboxylic acids is 3. The van der Waals surface area contributed by atoms with Crippen LogP contribution < -0.4 is 40.4 Å². The topological polar surface area (TPSA) is 110 Å². The molecular weight excluding hydrogens is 405 g/mol. The summed E-state index contributed by atoms with van der Waals surface area (Å²) < 4.78 is 5.34. The van der Waals surface area contributed by atoms with E-state index in [1.807, 2.05) is 6.92 Å². The molecule has 0 aliphatic heterocycles. The van der Waals surface area contributed by atoms with Gasteiger partial charge in [0.05, 0.1) is 5.97 Å². The normalized spacial score (nSPS) is 12.6. The molecule has 1 unspecified atom stereocenters. The fraction of sp³-hybridized carbons (Fsp3) is 0.875. The molecule has 0 aliphatic rings. The molecule has 0 rings (SSSR count). The summed E-state index contributed by atoms with van der Waals surface area (Å²) in [6.45, 7) is 4.25. The molecule has 0 amide bonds. The molecule has 0 saturated heterocycles. The van der Waals surface area contributed by atoms with Gasteiger partial charge in [-0.05, 0) is 25.7 Å². The van der Waals surface area contributed by atoms with Crippen molar-refractivity contribution in [1.29, 1.82) is 0 Å². The van der Waals surface area contributed by atoms with Crippen LogP contribution in [0.5, 0.6) is 0 Å². The van der Waals surface area contributed by atoms with Crippen LogP contribution in [0.4, 0.5) is 0 Å². The third-order valence-electron chi connectivity index (χ3n) is 5.44. The van der Waals surface area contributed by atoms with E-state index in [1.165, 1.54) is 51.4 Å². The molecule has 0 aromatic rings. The summed E-state index contributed by atoms with van der Waals surface area (Å²) in [5.41, 5.74) is 5.35. The van der Waals surface area contributed by atoms with Crippen molar-refractivity contribution < 1.29 is 53.8 Å².